The molecule has 2 rings (SSSR count). The van der Waals surface area contributed by atoms with Crippen molar-refractivity contribution < 1.29 is 4.39 Å². The van der Waals surface area contributed by atoms with Gasteiger partial charge in [0, 0.05) is 18.5 Å². The van der Waals surface area contributed by atoms with Crippen molar-refractivity contribution in [3.63, 3.8) is 0 Å². The van der Waals surface area contributed by atoms with Gasteiger partial charge in [0.05, 0.1) is 16.4 Å². The van der Waals surface area contributed by atoms with Crippen molar-refractivity contribution in [2.45, 2.75) is 39.3 Å². The molecule has 0 saturated carbocycles. The average molecular weight is 296 g/mol. The van der Waals surface area contributed by atoms with E-state index in [1.165, 1.54) is 12.1 Å². The standard InChI is InChI=1S/C15H19ClFN3/c1-4-20-13(14(16)10(2)19-20)9-15(3,18)11-5-7-12(17)8-6-11/h5-8H,4,9,18H2,1-3H3. The van der Waals surface area contributed by atoms with E-state index in [-0.39, 0.29) is 5.82 Å². The van der Waals surface area contributed by atoms with Gasteiger partial charge in [0.2, 0.25) is 0 Å². The van der Waals surface area contributed by atoms with Gasteiger partial charge in [-0.05, 0) is 38.5 Å². The number of nitrogens with zero attached hydrogens (tertiary/aromatic N) is 2. The lowest BCUT2D eigenvalue weighted by Gasteiger charge is -2.25. The van der Waals surface area contributed by atoms with E-state index in [9.17, 15) is 4.39 Å². The molecule has 0 bridgehead atoms. The molecule has 1 heterocycles. The first kappa shape index (κ1) is 15.0. The minimum Gasteiger partial charge on any atom is -0.321 e. The van der Waals surface area contributed by atoms with Crippen molar-refractivity contribution in [1.29, 1.82) is 0 Å². The summed E-state index contributed by atoms with van der Waals surface area (Å²) >= 11 is 6.31. The summed E-state index contributed by atoms with van der Waals surface area (Å²) in [7, 11) is 0. The van der Waals surface area contributed by atoms with Crippen LogP contribution in [0, 0.1) is 12.7 Å². The van der Waals surface area contributed by atoms with Gasteiger partial charge in [-0.15, -0.1) is 0 Å². The van der Waals surface area contributed by atoms with Gasteiger partial charge in [-0.25, -0.2) is 4.39 Å². The van der Waals surface area contributed by atoms with Crippen LogP contribution in [-0.2, 0) is 18.5 Å². The normalized spacial score (nSPS) is 14.3. The van der Waals surface area contributed by atoms with E-state index in [0.717, 1.165) is 23.5 Å². The van der Waals surface area contributed by atoms with Crippen LogP contribution >= 0.6 is 11.6 Å². The van der Waals surface area contributed by atoms with Crippen LogP contribution < -0.4 is 5.73 Å². The fourth-order valence-corrected chi connectivity index (χ4v) is 2.52. The van der Waals surface area contributed by atoms with E-state index in [1.807, 2.05) is 25.5 Å². The number of hydrogen-bond acceptors (Lipinski definition) is 2. The van der Waals surface area contributed by atoms with Gasteiger partial charge in [0.1, 0.15) is 5.82 Å². The van der Waals surface area contributed by atoms with Gasteiger partial charge < -0.3 is 5.73 Å². The number of halogens is 2. The predicted octanol–water partition coefficient (Wildman–Crippen LogP) is 3.42. The highest BCUT2D eigenvalue weighted by atomic mass is 35.5. The molecule has 0 fully saturated rings. The Hall–Kier alpha value is -1.39. The quantitative estimate of drug-likeness (QED) is 0.939. The highest BCUT2D eigenvalue weighted by molar-refractivity contribution is 6.31. The molecule has 108 valence electrons. The number of nitrogens with two attached hydrogens (primary N) is 1. The SMILES string of the molecule is CCn1nc(C)c(Cl)c1CC(C)(N)c1ccc(F)cc1. The van der Waals surface area contributed by atoms with Crippen LogP contribution in [0.25, 0.3) is 0 Å². The third-order valence-electron chi connectivity index (χ3n) is 3.49. The van der Waals surface area contributed by atoms with E-state index in [2.05, 4.69) is 5.10 Å². The first-order valence-electron chi connectivity index (χ1n) is 6.62. The van der Waals surface area contributed by atoms with Gasteiger partial charge in [-0.1, -0.05) is 23.7 Å². The molecule has 5 heteroatoms. The molecule has 2 N–H and O–H groups in total. The smallest absolute Gasteiger partial charge is 0.123 e. The van der Waals surface area contributed by atoms with Crippen LogP contribution in [-0.4, -0.2) is 9.78 Å². The molecule has 0 aliphatic heterocycles. The van der Waals surface area contributed by atoms with Crippen LogP contribution in [0.5, 0.6) is 0 Å². The fraction of sp³-hybridized carbons (Fsp3) is 0.400. The molecular weight excluding hydrogens is 277 g/mol. The highest BCUT2D eigenvalue weighted by Gasteiger charge is 2.26. The van der Waals surface area contributed by atoms with Crippen molar-refractivity contribution in [1.82, 2.24) is 9.78 Å². The Morgan fingerprint density at radius 1 is 1.35 bits per heavy atom. The summed E-state index contributed by atoms with van der Waals surface area (Å²) < 4.78 is 14.9. The second kappa shape index (κ2) is 5.54. The Morgan fingerprint density at radius 2 is 1.95 bits per heavy atom. The second-order valence-corrected chi connectivity index (χ2v) is 5.64. The number of benzene rings is 1. The van der Waals surface area contributed by atoms with Crippen molar-refractivity contribution in [3.05, 3.63) is 52.1 Å². The van der Waals surface area contributed by atoms with Crippen molar-refractivity contribution in [3.8, 4) is 0 Å². The Labute approximate surface area is 123 Å². The largest absolute Gasteiger partial charge is 0.321 e. The highest BCUT2D eigenvalue weighted by Crippen LogP contribution is 2.28. The summed E-state index contributed by atoms with van der Waals surface area (Å²) in [6.45, 7) is 6.54. The number of rotatable bonds is 4. The maximum absolute atomic E-state index is 13.0. The lowest BCUT2D eigenvalue weighted by atomic mass is 9.88. The Balaban J connectivity index is 2.35. The van der Waals surface area contributed by atoms with Gasteiger partial charge in [0.15, 0.2) is 0 Å². The fourth-order valence-electron chi connectivity index (χ4n) is 2.32. The van der Waals surface area contributed by atoms with Crippen LogP contribution in [0.3, 0.4) is 0 Å². The molecule has 0 spiro atoms. The Bertz CT molecular complexity index is 602. The number of aromatic nitrogens is 2. The molecule has 1 aromatic heterocycles. The second-order valence-electron chi connectivity index (χ2n) is 5.26. The van der Waals surface area contributed by atoms with Crippen LogP contribution in [0.1, 0.15) is 30.8 Å². The maximum atomic E-state index is 13.0. The third kappa shape index (κ3) is 2.86. The molecule has 20 heavy (non-hydrogen) atoms. The summed E-state index contributed by atoms with van der Waals surface area (Å²) in [5, 5.41) is 5.05. The molecule has 1 unspecified atom stereocenters. The molecule has 1 atom stereocenters. The predicted molar refractivity (Wildman–Crippen MR) is 79.3 cm³/mol. The number of aryl methyl sites for hydroxylation is 2. The van der Waals surface area contributed by atoms with E-state index in [1.54, 1.807) is 12.1 Å². The average Bonchev–Trinajstić information content (AvgIpc) is 2.66. The third-order valence-corrected chi connectivity index (χ3v) is 3.98. The van der Waals surface area contributed by atoms with Crippen LogP contribution in [0.15, 0.2) is 24.3 Å². The summed E-state index contributed by atoms with van der Waals surface area (Å²) in [6, 6.07) is 6.26. The lowest BCUT2D eigenvalue weighted by molar-refractivity contribution is 0.463. The minimum absolute atomic E-state index is 0.267. The van der Waals surface area contributed by atoms with Crippen LogP contribution in [0.2, 0.25) is 5.02 Å². The van der Waals surface area contributed by atoms with Crippen molar-refractivity contribution in [2.24, 2.45) is 5.73 Å². The van der Waals surface area contributed by atoms with E-state index in [4.69, 9.17) is 17.3 Å². The zero-order valence-corrected chi connectivity index (χ0v) is 12.7. The van der Waals surface area contributed by atoms with Crippen LogP contribution in [0.4, 0.5) is 4.39 Å². The first-order chi connectivity index (χ1) is 9.35. The van der Waals surface area contributed by atoms with Gasteiger partial charge in [-0.3, -0.25) is 4.68 Å². The lowest BCUT2D eigenvalue weighted by Crippen LogP contribution is -2.36. The Morgan fingerprint density at radius 3 is 2.50 bits per heavy atom. The van der Waals surface area contributed by atoms with Crippen molar-refractivity contribution >= 4 is 11.6 Å². The zero-order chi connectivity index (χ0) is 14.9. The minimum atomic E-state index is -0.628. The van der Waals surface area contributed by atoms with Gasteiger partial charge >= 0.3 is 0 Å². The molecule has 0 aliphatic carbocycles. The summed E-state index contributed by atoms with van der Waals surface area (Å²) in [5.74, 6) is -0.267. The molecule has 0 amide bonds. The van der Waals surface area contributed by atoms with E-state index >= 15 is 0 Å². The molecule has 0 aliphatic rings. The topological polar surface area (TPSA) is 43.8 Å². The molecule has 1 aromatic carbocycles. The van der Waals surface area contributed by atoms with E-state index < -0.39 is 5.54 Å². The zero-order valence-electron chi connectivity index (χ0n) is 12.0. The summed E-state index contributed by atoms with van der Waals surface area (Å²) in [4.78, 5) is 0. The molecule has 2 aromatic rings. The van der Waals surface area contributed by atoms with Gasteiger partial charge in [0.25, 0.3) is 0 Å². The molecule has 0 radical (unpaired) electrons. The maximum Gasteiger partial charge on any atom is 0.123 e. The molecule has 0 saturated heterocycles. The van der Waals surface area contributed by atoms with Gasteiger partial charge in [-0.2, -0.15) is 5.10 Å². The molecule has 3 nitrogen and oxygen atoms in total. The first-order valence-corrected chi connectivity index (χ1v) is 6.99. The summed E-state index contributed by atoms with van der Waals surface area (Å²) in [5.41, 5.74) is 8.36. The van der Waals surface area contributed by atoms with E-state index in [0.29, 0.717) is 11.4 Å². The Kier molecular flexibility index (Phi) is 4.16. The summed E-state index contributed by atoms with van der Waals surface area (Å²) in [6.07, 6.45) is 0.548. The monoisotopic (exact) mass is 295 g/mol. The number of hydrogen-bond donors (Lipinski definition) is 1. The molecular formula is C15H19ClFN3. The van der Waals surface area contributed by atoms with Crippen molar-refractivity contribution in [2.75, 3.05) is 0 Å².